The Hall–Kier alpha value is -2.38. The van der Waals surface area contributed by atoms with Gasteiger partial charge in [-0.05, 0) is 35.9 Å². The molecule has 21 heavy (non-hydrogen) atoms. The molecule has 2 aromatic carbocycles. The van der Waals surface area contributed by atoms with Crippen LogP contribution in [0, 0.1) is 0 Å². The Balaban J connectivity index is 2.13. The molecule has 0 saturated carbocycles. The van der Waals surface area contributed by atoms with Gasteiger partial charge in [0.1, 0.15) is 0 Å². The fraction of sp³-hybridized carbons (Fsp3) is 0.0714. The Kier molecular flexibility index (Phi) is 4.25. The van der Waals surface area contributed by atoms with Crippen LogP contribution in [0.3, 0.4) is 0 Å². The van der Waals surface area contributed by atoms with Crippen molar-refractivity contribution < 1.29 is 13.2 Å². The third-order valence-electron chi connectivity index (χ3n) is 2.87. The van der Waals surface area contributed by atoms with Gasteiger partial charge in [-0.25, -0.2) is 13.6 Å². The average Bonchev–Trinajstić information content (AvgIpc) is 2.45. The molecule has 0 atom stereocenters. The maximum Gasteiger partial charge on any atom is 0.248 e. The fourth-order valence-electron chi connectivity index (χ4n) is 1.82. The maximum absolute atomic E-state index is 11.3. The fourth-order valence-corrected chi connectivity index (χ4v) is 2.38. The quantitative estimate of drug-likeness (QED) is 0.765. The zero-order valence-corrected chi connectivity index (χ0v) is 11.9. The molecule has 0 unspecified atom stereocenters. The molecule has 0 aliphatic rings. The van der Waals surface area contributed by atoms with E-state index in [1.807, 2.05) is 6.07 Å². The van der Waals surface area contributed by atoms with Gasteiger partial charge >= 0.3 is 0 Å². The van der Waals surface area contributed by atoms with Crippen molar-refractivity contribution in [1.29, 1.82) is 0 Å². The summed E-state index contributed by atoms with van der Waals surface area (Å²) in [5.74, 6) is -0.493. The number of carbonyl (C=O) groups excluding carboxylic acids is 1. The number of anilines is 1. The summed E-state index contributed by atoms with van der Waals surface area (Å²) in [6.45, 7) is 0.426. The molecule has 2 aromatic rings. The van der Waals surface area contributed by atoms with Gasteiger partial charge in [-0.1, -0.05) is 18.2 Å². The summed E-state index contributed by atoms with van der Waals surface area (Å²) in [6.07, 6.45) is 0. The lowest BCUT2D eigenvalue weighted by Gasteiger charge is -2.08. The van der Waals surface area contributed by atoms with Crippen molar-refractivity contribution in [2.75, 3.05) is 5.32 Å². The minimum absolute atomic E-state index is 0.0402. The van der Waals surface area contributed by atoms with Crippen molar-refractivity contribution in [2.24, 2.45) is 10.9 Å². The molecule has 7 heteroatoms. The minimum Gasteiger partial charge on any atom is -0.381 e. The van der Waals surface area contributed by atoms with Crippen LogP contribution in [-0.4, -0.2) is 14.3 Å². The van der Waals surface area contributed by atoms with E-state index in [0.29, 0.717) is 17.8 Å². The first-order chi connectivity index (χ1) is 9.86. The van der Waals surface area contributed by atoms with Crippen LogP contribution in [-0.2, 0) is 16.6 Å². The van der Waals surface area contributed by atoms with E-state index in [9.17, 15) is 13.2 Å². The van der Waals surface area contributed by atoms with Crippen molar-refractivity contribution in [1.82, 2.24) is 0 Å². The number of nitrogens with two attached hydrogens (primary N) is 2. The van der Waals surface area contributed by atoms with Crippen LogP contribution >= 0.6 is 0 Å². The summed E-state index contributed by atoms with van der Waals surface area (Å²) >= 11 is 0. The number of benzene rings is 2. The summed E-state index contributed by atoms with van der Waals surface area (Å²) in [5, 5.41) is 8.15. The van der Waals surface area contributed by atoms with E-state index in [1.165, 1.54) is 12.1 Å². The lowest BCUT2D eigenvalue weighted by atomic mass is 10.1. The lowest BCUT2D eigenvalue weighted by Crippen LogP contribution is -2.13. The molecule has 0 saturated heterocycles. The highest BCUT2D eigenvalue weighted by Crippen LogP contribution is 2.15. The van der Waals surface area contributed by atoms with E-state index in [4.69, 9.17) is 10.9 Å². The second-order valence-corrected chi connectivity index (χ2v) is 6.05. The first-order valence-electron chi connectivity index (χ1n) is 6.12. The smallest absolute Gasteiger partial charge is 0.248 e. The van der Waals surface area contributed by atoms with Crippen LogP contribution in [0.5, 0.6) is 0 Å². The maximum atomic E-state index is 11.3. The molecule has 110 valence electrons. The van der Waals surface area contributed by atoms with E-state index in [2.05, 4.69) is 5.32 Å². The van der Waals surface area contributed by atoms with Crippen LogP contribution in [0.4, 0.5) is 5.69 Å². The van der Waals surface area contributed by atoms with Crippen molar-refractivity contribution >= 4 is 21.6 Å². The Labute approximate surface area is 122 Å². The highest BCUT2D eigenvalue weighted by Gasteiger charge is 2.08. The van der Waals surface area contributed by atoms with Crippen LogP contribution in [0.2, 0.25) is 0 Å². The summed E-state index contributed by atoms with van der Waals surface area (Å²) in [4.78, 5) is 11.1. The number of primary sulfonamides is 1. The molecule has 2 rings (SSSR count). The van der Waals surface area contributed by atoms with Crippen LogP contribution in [0.25, 0.3) is 0 Å². The Bertz CT molecular complexity index is 773. The van der Waals surface area contributed by atoms with E-state index in [0.717, 1.165) is 5.56 Å². The number of primary amides is 1. The number of amides is 1. The minimum atomic E-state index is -3.73. The Morgan fingerprint density at radius 1 is 1.10 bits per heavy atom. The van der Waals surface area contributed by atoms with E-state index in [1.54, 1.807) is 30.3 Å². The largest absolute Gasteiger partial charge is 0.381 e. The second-order valence-electron chi connectivity index (χ2n) is 4.49. The molecule has 6 nitrogen and oxygen atoms in total. The molecule has 0 spiro atoms. The average molecular weight is 305 g/mol. The molecule has 0 aliphatic heterocycles. The molecule has 0 bridgehead atoms. The summed E-state index contributed by atoms with van der Waals surface area (Å²) < 4.78 is 22.6. The van der Waals surface area contributed by atoms with Crippen molar-refractivity contribution in [3.63, 3.8) is 0 Å². The number of sulfonamides is 1. The van der Waals surface area contributed by atoms with Crippen molar-refractivity contribution in [3.05, 3.63) is 59.7 Å². The van der Waals surface area contributed by atoms with E-state index >= 15 is 0 Å². The molecular weight excluding hydrogens is 290 g/mol. The highest BCUT2D eigenvalue weighted by molar-refractivity contribution is 7.89. The van der Waals surface area contributed by atoms with E-state index < -0.39 is 15.9 Å². The topological polar surface area (TPSA) is 115 Å². The third kappa shape index (κ3) is 4.04. The number of nitrogens with one attached hydrogen (secondary N) is 1. The van der Waals surface area contributed by atoms with Gasteiger partial charge in [-0.3, -0.25) is 4.79 Å². The molecule has 0 aliphatic carbocycles. The zero-order chi connectivity index (χ0) is 15.5. The highest BCUT2D eigenvalue weighted by atomic mass is 32.2. The molecule has 0 fully saturated rings. The Morgan fingerprint density at radius 3 is 2.48 bits per heavy atom. The molecule has 0 radical (unpaired) electrons. The van der Waals surface area contributed by atoms with Crippen LogP contribution in [0.1, 0.15) is 15.9 Å². The number of hydrogen-bond acceptors (Lipinski definition) is 4. The van der Waals surface area contributed by atoms with Crippen molar-refractivity contribution in [3.8, 4) is 0 Å². The lowest BCUT2D eigenvalue weighted by molar-refractivity contribution is 0.1000. The van der Waals surface area contributed by atoms with Gasteiger partial charge in [-0.15, -0.1) is 0 Å². The normalized spacial score (nSPS) is 11.1. The molecular formula is C14H15N3O3S. The van der Waals surface area contributed by atoms with Crippen LogP contribution in [0.15, 0.2) is 53.4 Å². The summed E-state index contributed by atoms with van der Waals surface area (Å²) in [5.41, 5.74) is 7.11. The number of rotatable bonds is 5. The first-order valence-corrected chi connectivity index (χ1v) is 7.66. The predicted octanol–water partition coefficient (Wildman–Crippen LogP) is 1.05. The molecule has 5 N–H and O–H groups in total. The summed E-state index contributed by atoms with van der Waals surface area (Å²) in [7, 11) is -3.73. The van der Waals surface area contributed by atoms with Crippen LogP contribution < -0.4 is 16.2 Å². The first kappa shape index (κ1) is 15.0. The molecule has 0 aromatic heterocycles. The molecule has 1 amide bonds. The predicted molar refractivity (Wildman–Crippen MR) is 80.1 cm³/mol. The number of carbonyl (C=O) groups is 1. The van der Waals surface area contributed by atoms with Gasteiger partial charge in [0, 0.05) is 17.8 Å². The second kappa shape index (κ2) is 5.94. The number of hydrogen-bond donors (Lipinski definition) is 3. The third-order valence-corrected chi connectivity index (χ3v) is 3.78. The van der Waals surface area contributed by atoms with Gasteiger partial charge in [0.25, 0.3) is 0 Å². The monoisotopic (exact) mass is 305 g/mol. The molecule has 0 heterocycles. The van der Waals surface area contributed by atoms with Gasteiger partial charge in [0.05, 0.1) is 4.90 Å². The van der Waals surface area contributed by atoms with Gasteiger partial charge in [-0.2, -0.15) is 0 Å². The summed E-state index contributed by atoms with van der Waals surface area (Å²) in [6, 6.07) is 13.1. The van der Waals surface area contributed by atoms with Crippen molar-refractivity contribution in [2.45, 2.75) is 11.4 Å². The van der Waals surface area contributed by atoms with E-state index in [-0.39, 0.29) is 4.90 Å². The Morgan fingerprint density at radius 2 is 1.81 bits per heavy atom. The standard InChI is InChI=1S/C14H15N3O3S/c15-14(18)11-4-1-3-10(7-11)9-17-12-5-2-6-13(8-12)21(16,19)20/h1-8,17H,9H2,(H2,15,18)(H2,16,19,20). The van der Waals surface area contributed by atoms with Gasteiger partial charge < -0.3 is 11.1 Å². The van der Waals surface area contributed by atoms with Gasteiger partial charge in [0.15, 0.2) is 0 Å². The van der Waals surface area contributed by atoms with Gasteiger partial charge in [0.2, 0.25) is 15.9 Å². The zero-order valence-electron chi connectivity index (χ0n) is 11.1. The SMILES string of the molecule is NC(=O)c1cccc(CNc2cccc(S(N)(=O)=O)c2)c1.